The number of hydrogen-bond donors (Lipinski definition) is 1. The molecule has 1 amide bonds. The minimum absolute atomic E-state index is 0.239. The second-order valence-corrected chi connectivity index (χ2v) is 7.19. The number of nitrogens with one attached hydrogen (secondary N) is 1. The van der Waals surface area contributed by atoms with Crippen LogP contribution >= 0.6 is 11.7 Å². The van der Waals surface area contributed by atoms with Crippen LogP contribution in [0.2, 0.25) is 0 Å². The fraction of sp³-hybridized carbons (Fsp3) is 0.200. The SMILES string of the molecule is O=C(Nc1cccc2nsnc12)c1cc(-c2ccc3c(c2)CCCC3)on1. The highest BCUT2D eigenvalue weighted by Gasteiger charge is 2.17. The van der Waals surface area contributed by atoms with E-state index in [0.29, 0.717) is 17.0 Å². The third kappa shape index (κ3) is 3.00. The van der Waals surface area contributed by atoms with E-state index in [1.807, 2.05) is 18.2 Å². The molecule has 0 saturated carbocycles. The molecule has 5 rings (SSSR count). The molecular weight excluding hydrogens is 360 g/mol. The highest BCUT2D eigenvalue weighted by Crippen LogP contribution is 2.28. The van der Waals surface area contributed by atoms with Gasteiger partial charge < -0.3 is 9.84 Å². The molecule has 7 heteroatoms. The molecule has 0 unspecified atom stereocenters. The van der Waals surface area contributed by atoms with Crippen molar-refractivity contribution in [3.63, 3.8) is 0 Å². The van der Waals surface area contributed by atoms with Crippen LogP contribution in [0.3, 0.4) is 0 Å². The summed E-state index contributed by atoms with van der Waals surface area (Å²) in [5.74, 6) is 0.269. The maximum Gasteiger partial charge on any atom is 0.277 e. The van der Waals surface area contributed by atoms with Crippen LogP contribution < -0.4 is 5.32 Å². The minimum Gasteiger partial charge on any atom is -0.355 e. The number of hydrogen-bond acceptors (Lipinski definition) is 6. The van der Waals surface area contributed by atoms with Crippen molar-refractivity contribution in [1.29, 1.82) is 0 Å². The Balaban J connectivity index is 1.40. The first kappa shape index (κ1) is 16.1. The van der Waals surface area contributed by atoms with Crippen LogP contribution in [0.1, 0.15) is 34.5 Å². The minimum atomic E-state index is -0.330. The van der Waals surface area contributed by atoms with Gasteiger partial charge in [0.1, 0.15) is 11.0 Å². The number of rotatable bonds is 3. The Morgan fingerprint density at radius 2 is 1.93 bits per heavy atom. The summed E-state index contributed by atoms with van der Waals surface area (Å²) in [6, 6.07) is 13.5. The highest BCUT2D eigenvalue weighted by molar-refractivity contribution is 7.00. The largest absolute Gasteiger partial charge is 0.355 e. The number of amides is 1. The zero-order valence-corrected chi connectivity index (χ0v) is 15.3. The second-order valence-electron chi connectivity index (χ2n) is 6.66. The molecule has 0 spiro atoms. The van der Waals surface area contributed by atoms with E-state index >= 15 is 0 Å². The Labute approximate surface area is 159 Å². The van der Waals surface area contributed by atoms with Crippen molar-refractivity contribution in [3.8, 4) is 11.3 Å². The molecule has 0 atom stereocenters. The lowest BCUT2D eigenvalue weighted by Gasteiger charge is -2.15. The first-order valence-electron chi connectivity index (χ1n) is 8.89. The fourth-order valence-electron chi connectivity index (χ4n) is 3.50. The predicted octanol–water partition coefficient (Wildman–Crippen LogP) is 4.48. The molecule has 0 bridgehead atoms. The molecule has 134 valence electrons. The third-order valence-corrected chi connectivity index (χ3v) is 5.45. The summed E-state index contributed by atoms with van der Waals surface area (Å²) in [6.07, 6.45) is 4.70. The number of carbonyl (C=O) groups is 1. The lowest BCUT2D eigenvalue weighted by atomic mass is 9.90. The summed E-state index contributed by atoms with van der Waals surface area (Å²) in [5.41, 5.74) is 6.01. The number of benzene rings is 2. The smallest absolute Gasteiger partial charge is 0.277 e. The van der Waals surface area contributed by atoms with Gasteiger partial charge in [0, 0.05) is 11.6 Å². The molecule has 2 heterocycles. The molecule has 0 saturated heterocycles. The molecule has 2 aromatic heterocycles. The highest BCUT2D eigenvalue weighted by atomic mass is 32.1. The summed E-state index contributed by atoms with van der Waals surface area (Å²) in [6.45, 7) is 0. The molecule has 1 aliphatic rings. The Bertz CT molecular complexity index is 1150. The van der Waals surface area contributed by atoms with Gasteiger partial charge in [-0.3, -0.25) is 4.79 Å². The zero-order chi connectivity index (χ0) is 18.2. The topological polar surface area (TPSA) is 80.9 Å². The third-order valence-electron chi connectivity index (χ3n) is 4.91. The zero-order valence-electron chi connectivity index (χ0n) is 14.4. The van der Waals surface area contributed by atoms with E-state index < -0.39 is 0 Å². The first-order chi connectivity index (χ1) is 13.3. The first-order valence-corrected chi connectivity index (χ1v) is 9.62. The van der Waals surface area contributed by atoms with Gasteiger partial charge in [0.15, 0.2) is 11.5 Å². The molecule has 6 nitrogen and oxygen atoms in total. The quantitative estimate of drug-likeness (QED) is 0.570. The van der Waals surface area contributed by atoms with E-state index in [1.54, 1.807) is 12.1 Å². The van der Waals surface area contributed by atoms with Crippen molar-refractivity contribution in [1.82, 2.24) is 13.9 Å². The van der Waals surface area contributed by atoms with E-state index in [2.05, 4.69) is 31.4 Å². The Kier molecular flexibility index (Phi) is 3.94. The van der Waals surface area contributed by atoms with Crippen LogP contribution in [0.5, 0.6) is 0 Å². The van der Waals surface area contributed by atoms with E-state index in [1.165, 1.54) is 24.0 Å². The van der Waals surface area contributed by atoms with Crippen molar-refractivity contribution in [2.45, 2.75) is 25.7 Å². The van der Waals surface area contributed by atoms with Crippen molar-refractivity contribution >= 4 is 34.4 Å². The summed E-state index contributed by atoms with van der Waals surface area (Å²) in [4.78, 5) is 12.6. The van der Waals surface area contributed by atoms with Crippen molar-refractivity contribution < 1.29 is 9.32 Å². The Morgan fingerprint density at radius 1 is 1.04 bits per heavy atom. The number of fused-ring (bicyclic) bond motifs is 2. The molecule has 0 aliphatic heterocycles. The maximum atomic E-state index is 12.6. The van der Waals surface area contributed by atoms with Crippen LogP contribution in [0.4, 0.5) is 5.69 Å². The van der Waals surface area contributed by atoms with E-state index in [4.69, 9.17) is 4.52 Å². The maximum absolute atomic E-state index is 12.6. The van der Waals surface area contributed by atoms with Gasteiger partial charge in [0.2, 0.25) is 0 Å². The lowest BCUT2D eigenvalue weighted by Crippen LogP contribution is -2.12. The van der Waals surface area contributed by atoms with Crippen LogP contribution in [0.15, 0.2) is 47.0 Å². The Morgan fingerprint density at radius 3 is 2.85 bits per heavy atom. The van der Waals surface area contributed by atoms with Crippen LogP contribution in [0.25, 0.3) is 22.4 Å². The van der Waals surface area contributed by atoms with Crippen LogP contribution in [-0.2, 0) is 12.8 Å². The number of aryl methyl sites for hydroxylation is 2. The standard InChI is InChI=1S/C20H16N4O2S/c25-20(21-15-6-3-7-16-19(15)24-27-23-16)17-11-18(26-22-17)14-9-8-12-4-1-2-5-13(12)10-14/h3,6-11H,1-2,4-5H2,(H,21,25). The van der Waals surface area contributed by atoms with E-state index in [0.717, 1.165) is 35.6 Å². The summed E-state index contributed by atoms with van der Waals surface area (Å²) >= 11 is 1.12. The fourth-order valence-corrected chi connectivity index (χ4v) is 4.05. The average Bonchev–Trinajstić information content (AvgIpc) is 3.38. The molecule has 4 aromatic rings. The van der Waals surface area contributed by atoms with Crippen LogP contribution in [0, 0.1) is 0 Å². The number of anilines is 1. The van der Waals surface area contributed by atoms with Gasteiger partial charge in [-0.2, -0.15) is 8.75 Å². The van der Waals surface area contributed by atoms with Gasteiger partial charge in [-0.15, -0.1) is 0 Å². The van der Waals surface area contributed by atoms with Gasteiger partial charge >= 0.3 is 0 Å². The molecule has 0 fully saturated rings. The summed E-state index contributed by atoms with van der Waals surface area (Å²) in [7, 11) is 0. The molecule has 0 radical (unpaired) electrons. The van der Waals surface area contributed by atoms with Gasteiger partial charge in [0.05, 0.1) is 17.4 Å². The summed E-state index contributed by atoms with van der Waals surface area (Å²) < 4.78 is 13.9. The number of carbonyl (C=O) groups excluding carboxylic acids is 1. The van der Waals surface area contributed by atoms with Gasteiger partial charge in [0.25, 0.3) is 5.91 Å². The monoisotopic (exact) mass is 376 g/mol. The van der Waals surface area contributed by atoms with Gasteiger partial charge in [-0.05, 0) is 55.0 Å². The van der Waals surface area contributed by atoms with Crippen molar-refractivity contribution in [2.24, 2.45) is 0 Å². The molecule has 2 aromatic carbocycles. The predicted molar refractivity (Wildman–Crippen MR) is 104 cm³/mol. The van der Waals surface area contributed by atoms with Crippen molar-refractivity contribution in [3.05, 3.63) is 59.3 Å². The van der Waals surface area contributed by atoms with Crippen molar-refractivity contribution in [2.75, 3.05) is 5.32 Å². The molecule has 1 aliphatic carbocycles. The normalized spacial score (nSPS) is 13.5. The molecule has 1 N–H and O–H groups in total. The van der Waals surface area contributed by atoms with Gasteiger partial charge in [-0.25, -0.2) is 0 Å². The summed E-state index contributed by atoms with van der Waals surface area (Å²) in [5, 5.41) is 6.79. The number of nitrogens with zero attached hydrogens (tertiary/aromatic N) is 3. The molecular formula is C20H16N4O2S. The van der Waals surface area contributed by atoms with E-state index in [9.17, 15) is 4.79 Å². The van der Waals surface area contributed by atoms with E-state index in [-0.39, 0.29) is 11.6 Å². The average molecular weight is 376 g/mol. The second kappa shape index (κ2) is 6.59. The van der Waals surface area contributed by atoms with Crippen LogP contribution in [-0.4, -0.2) is 19.8 Å². The number of aromatic nitrogens is 3. The molecule has 27 heavy (non-hydrogen) atoms. The lowest BCUT2D eigenvalue weighted by molar-refractivity contribution is 0.101. The Hall–Kier alpha value is -3.06. The van der Waals surface area contributed by atoms with Gasteiger partial charge in [-0.1, -0.05) is 23.4 Å².